The molecule has 0 spiro atoms. The van der Waals surface area contributed by atoms with Crippen LogP contribution in [0.2, 0.25) is 0 Å². The standard InChI is InChI=1S/2C5H13O4P.2Na/c2*1-3-4-5-9-10(6,7)8-2;;/h2*3-5H2,1-2H3,(H,6,7);;/q;;2*+1/p-2. The molecule has 0 aromatic rings. The number of hydrogen-bond donors (Lipinski definition) is 0. The molecule has 0 aliphatic rings. The van der Waals surface area contributed by atoms with E-state index in [0.717, 1.165) is 39.9 Å². The topological polar surface area (TPSA) is 117 Å². The summed E-state index contributed by atoms with van der Waals surface area (Å²) in [5.74, 6) is 0. The minimum Gasteiger partial charge on any atom is -0.756 e. The molecule has 0 rings (SSSR count). The van der Waals surface area contributed by atoms with Gasteiger partial charge in [0.2, 0.25) is 0 Å². The second-order valence-corrected chi connectivity index (χ2v) is 6.67. The predicted octanol–water partition coefficient (Wildman–Crippen LogP) is -4.16. The van der Waals surface area contributed by atoms with Gasteiger partial charge in [0.05, 0.1) is 13.2 Å². The molecule has 0 saturated heterocycles. The van der Waals surface area contributed by atoms with Crippen LogP contribution in [0.25, 0.3) is 0 Å². The van der Waals surface area contributed by atoms with E-state index < -0.39 is 15.6 Å². The smallest absolute Gasteiger partial charge is 0.756 e. The second-order valence-electron chi connectivity index (χ2n) is 3.63. The molecule has 2 unspecified atom stereocenters. The summed E-state index contributed by atoms with van der Waals surface area (Å²) in [7, 11) is -5.74. The van der Waals surface area contributed by atoms with Gasteiger partial charge in [0.15, 0.2) is 0 Å². The van der Waals surface area contributed by atoms with Crippen LogP contribution in [-0.4, -0.2) is 27.4 Å². The van der Waals surface area contributed by atoms with Gasteiger partial charge in [-0.1, -0.05) is 26.7 Å². The van der Waals surface area contributed by atoms with E-state index in [1.807, 2.05) is 13.8 Å². The van der Waals surface area contributed by atoms with Crippen molar-refractivity contribution in [3.63, 3.8) is 0 Å². The third-order valence-corrected chi connectivity index (χ3v) is 3.83. The van der Waals surface area contributed by atoms with Gasteiger partial charge in [0.1, 0.15) is 0 Å². The fraction of sp³-hybridized carbons (Fsp3) is 1.00. The van der Waals surface area contributed by atoms with E-state index in [0.29, 0.717) is 0 Å². The van der Waals surface area contributed by atoms with E-state index in [1.54, 1.807) is 0 Å². The zero-order chi connectivity index (χ0) is 16.1. The maximum atomic E-state index is 10.5. The Balaban J connectivity index is -0.000000135. The van der Waals surface area contributed by atoms with Gasteiger partial charge in [-0.3, -0.25) is 9.13 Å². The molecule has 0 aromatic heterocycles. The third-order valence-electron chi connectivity index (χ3n) is 1.94. The molecule has 2 atom stereocenters. The van der Waals surface area contributed by atoms with Crippen molar-refractivity contribution in [2.24, 2.45) is 0 Å². The molecule has 12 heteroatoms. The monoisotopic (exact) mass is 380 g/mol. The van der Waals surface area contributed by atoms with E-state index in [2.05, 4.69) is 18.1 Å². The summed E-state index contributed by atoms with van der Waals surface area (Å²) in [6.45, 7) is 4.33. The molecule has 0 aliphatic carbocycles. The van der Waals surface area contributed by atoms with Crippen LogP contribution < -0.4 is 68.9 Å². The molecule has 0 bridgehead atoms. The van der Waals surface area contributed by atoms with Crippen molar-refractivity contribution in [2.45, 2.75) is 39.5 Å². The van der Waals surface area contributed by atoms with Gasteiger partial charge in [-0.25, -0.2) is 0 Å². The maximum absolute atomic E-state index is 10.5. The predicted molar refractivity (Wildman–Crippen MR) is 71.0 cm³/mol. The molecular weight excluding hydrogens is 356 g/mol. The zero-order valence-electron chi connectivity index (χ0n) is 14.4. The molecule has 22 heavy (non-hydrogen) atoms. The number of unbranched alkanes of at least 4 members (excludes halogenated alkanes) is 2. The molecule has 8 nitrogen and oxygen atoms in total. The van der Waals surface area contributed by atoms with E-state index in [-0.39, 0.29) is 72.3 Å². The van der Waals surface area contributed by atoms with Crippen LogP contribution in [0.1, 0.15) is 39.5 Å². The Morgan fingerprint density at radius 2 is 1.05 bits per heavy atom. The summed E-state index contributed by atoms with van der Waals surface area (Å²) in [5, 5.41) is 0. The van der Waals surface area contributed by atoms with Crippen LogP contribution in [0.15, 0.2) is 0 Å². The molecule has 0 saturated carbocycles. The van der Waals surface area contributed by atoms with Crippen LogP contribution in [0, 0.1) is 0 Å². The van der Waals surface area contributed by atoms with Gasteiger partial charge in [0.25, 0.3) is 15.6 Å². The molecule has 0 fully saturated rings. The first kappa shape index (κ1) is 31.9. The molecule has 124 valence electrons. The zero-order valence-corrected chi connectivity index (χ0v) is 20.2. The largest absolute Gasteiger partial charge is 1.00 e. The Morgan fingerprint density at radius 3 is 1.23 bits per heavy atom. The fourth-order valence-corrected chi connectivity index (χ4v) is 1.66. The SMILES string of the molecule is CCCCOP(=O)([O-])OC.CCCCOP(=O)([O-])OC.[Na+].[Na+]. The van der Waals surface area contributed by atoms with Gasteiger partial charge >= 0.3 is 59.1 Å². The maximum Gasteiger partial charge on any atom is 1.00 e. The van der Waals surface area contributed by atoms with Gasteiger partial charge in [0, 0.05) is 14.2 Å². The van der Waals surface area contributed by atoms with Gasteiger partial charge in [-0.05, 0) is 12.8 Å². The average molecular weight is 380 g/mol. The number of hydrogen-bond acceptors (Lipinski definition) is 8. The minimum atomic E-state index is -3.95. The molecule has 0 aliphatic heterocycles. The van der Waals surface area contributed by atoms with Crippen molar-refractivity contribution >= 4 is 15.6 Å². The summed E-state index contributed by atoms with van der Waals surface area (Å²) in [6, 6.07) is 0. The van der Waals surface area contributed by atoms with Gasteiger partial charge in [-0.2, -0.15) is 0 Å². The van der Waals surface area contributed by atoms with Crippen molar-refractivity contribution in [2.75, 3.05) is 27.4 Å². The van der Waals surface area contributed by atoms with Gasteiger partial charge < -0.3 is 27.9 Å². The Bertz CT molecular complexity index is 289. The van der Waals surface area contributed by atoms with Crippen molar-refractivity contribution in [3.8, 4) is 0 Å². The summed E-state index contributed by atoms with van der Waals surface area (Å²) < 4.78 is 37.8. The van der Waals surface area contributed by atoms with E-state index in [4.69, 9.17) is 0 Å². The first-order valence-corrected chi connectivity index (χ1v) is 9.19. The Labute approximate surface area is 177 Å². The Kier molecular flexibility index (Phi) is 28.4. The van der Waals surface area contributed by atoms with Crippen LogP contribution in [0.5, 0.6) is 0 Å². The van der Waals surface area contributed by atoms with Crippen molar-refractivity contribution in [1.29, 1.82) is 0 Å². The second kappa shape index (κ2) is 19.5. The van der Waals surface area contributed by atoms with Crippen molar-refractivity contribution in [3.05, 3.63) is 0 Å². The number of phosphoric ester groups is 2. The normalized spacial score (nSPS) is 15.2. The molecule has 0 heterocycles. The van der Waals surface area contributed by atoms with E-state index in [1.165, 1.54) is 0 Å². The first-order valence-electron chi connectivity index (χ1n) is 6.27. The third kappa shape index (κ3) is 24.5. The van der Waals surface area contributed by atoms with Crippen molar-refractivity contribution in [1.82, 2.24) is 0 Å². The summed E-state index contributed by atoms with van der Waals surface area (Å²) in [6.07, 6.45) is 3.28. The summed E-state index contributed by atoms with van der Waals surface area (Å²) in [5.41, 5.74) is 0. The Morgan fingerprint density at radius 1 is 0.773 bits per heavy atom. The van der Waals surface area contributed by atoms with Crippen LogP contribution in [0.3, 0.4) is 0 Å². The van der Waals surface area contributed by atoms with Crippen LogP contribution >= 0.6 is 15.6 Å². The van der Waals surface area contributed by atoms with Gasteiger partial charge in [-0.15, -0.1) is 0 Å². The number of rotatable bonds is 10. The van der Waals surface area contributed by atoms with Crippen LogP contribution in [0.4, 0.5) is 0 Å². The Hall–Kier alpha value is 2.22. The average Bonchev–Trinajstić information content (AvgIpc) is 2.40. The van der Waals surface area contributed by atoms with E-state index >= 15 is 0 Å². The summed E-state index contributed by atoms with van der Waals surface area (Å²) >= 11 is 0. The molecule has 0 radical (unpaired) electrons. The van der Waals surface area contributed by atoms with Crippen LogP contribution in [-0.2, 0) is 27.2 Å². The minimum absolute atomic E-state index is 0. The molecule has 0 amide bonds. The van der Waals surface area contributed by atoms with E-state index in [9.17, 15) is 18.9 Å². The fourth-order valence-electron chi connectivity index (χ4n) is 0.747. The quantitative estimate of drug-likeness (QED) is 0.213. The molecule has 0 aromatic carbocycles. The number of phosphoric acid groups is 2. The molecule has 0 N–H and O–H groups in total. The summed E-state index contributed by atoms with van der Waals surface area (Å²) in [4.78, 5) is 20.9. The van der Waals surface area contributed by atoms with Crippen molar-refractivity contribution < 1.29 is 96.1 Å². The first-order chi connectivity index (χ1) is 9.24. The molecular formula is C10H24Na2O8P2.